The Kier molecular flexibility index (Phi) is 7.34. The van der Waals surface area contributed by atoms with Crippen LogP contribution in [-0.4, -0.2) is 36.5 Å². The summed E-state index contributed by atoms with van der Waals surface area (Å²) in [7, 11) is 0. The number of benzene rings is 2. The van der Waals surface area contributed by atoms with Gasteiger partial charge in [0, 0.05) is 47.0 Å². The van der Waals surface area contributed by atoms with E-state index < -0.39 is 0 Å². The second-order valence-electron chi connectivity index (χ2n) is 5.62. The highest BCUT2D eigenvalue weighted by Gasteiger charge is 2.04. The summed E-state index contributed by atoms with van der Waals surface area (Å²) in [5.41, 5.74) is 16.9. The lowest BCUT2D eigenvalue weighted by atomic mass is 10.1. The fraction of sp³-hybridized carbons (Fsp3) is 0.333. The zero-order valence-corrected chi connectivity index (χ0v) is 14.2. The summed E-state index contributed by atoms with van der Waals surface area (Å²) >= 11 is 0. The Balaban J connectivity index is 1.88. The molecule has 25 heavy (non-hydrogen) atoms. The Bertz CT molecular complexity index is 622. The third-order valence-corrected chi connectivity index (χ3v) is 3.69. The van der Waals surface area contributed by atoms with Gasteiger partial charge in [-0.05, 0) is 24.3 Å². The van der Waals surface area contributed by atoms with E-state index in [0.717, 1.165) is 22.5 Å². The quantitative estimate of drug-likeness (QED) is 0.359. The molecule has 0 bridgehead atoms. The predicted molar refractivity (Wildman–Crippen MR) is 101 cm³/mol. The lowest BCUT2D eigenvalue weighted by Gasteiger charge is -2.12. The van der Waals surface area contributed by atoms with Crippen molar-refractivity contribution < 1.29 is 14.9 Å². The number of hydrogen-bond donors (Lipinski definition) is 6. The van der Waals surface area contributed by atoms with Crippen LogP contribution in [0.4, 0.5) is 22.7 Å². The minimum Gasteiger partial charge on any atom is -0.398 e. The van der Waals surface area contributed by atoms with E-state index in [1.54, 1.807) is 0 Å². The topological polar surface area (TPSA) is 126 Å². The van der Waals surface area contributed by atoms with Crippen molar-refractivity contribution in [3.8, 4) is 0 Å². The lowest BCUT2D eigenvalue weighted by Crippen LogP contribution is -2.07. The molecule has 7 heteroatoms. The van der Waals surface area contributed by atoms with Crippen molar-refractivity contribution in [3.63, 3.8) is 0 Å². The maximum atomic E-state index is 8.82. The third-order valence-electron chi connectivity index (χ3n) is 3.69. The SMILES string of the molecule is Nc1cc(NCCO)ccc1COCc1ccc(NCCO)cc1N. The highest BCUT2D eigenvalue weighted by molar-refractivity contribution is 5.59. The minimum absolute atomic E-state index is 0.0699. The molecule has 2 aromatic rings. The number of aliphatic hydroxyl groups is 2. The molecular formula is C18H26N4O3. The fourth-order valence-corrected chi connectivity index (χ4v) is 2.34. The van der Waals surface area contributed by atoms with Gasteiger partial charge in [0.15, 0.2) is 0 Å². The summed E-state index contributed by atoms with van der Waals surface area (Å²) in [5, 5.41) is 23.8. The molecule has 0 heterocycles. The van der Waals surface area contributed by atoms with Crippen LogP contribution in [0.25, 0.3) is 0 Å². The van der Waals surface area contributed by atoms with Crippen LogP contribution in [0.2, 0.25) is 0 Å². The molecule has 0 aliphatic rings. The second-order valence-corrected chi connectivity index (χ2v) is 5.62. The van der Waals surface area contributed by atoms with Crippen molar-refractivity contribution >= 4 is 22.7 Å². The van der Waals surface area contributed by atoms with Crippen molar-refractivity contribution in [1.82, 2.24) is 0 Å². The van der Waals surface area contributed by atoms with Crippen LogP contribution in [0.15, 0.2) is 36.4 Å². The number of aliphatic hydroxyl groups excluding tert-OH is 2. The van der Waals surface area contributed by atoms with Gasteiger partial charge in [-0.25, -0.2) is 0 Å². The van der Waals surface area contributed by atoms with E-state index in [4.69, 9.17) is 26.4 Å². The molecule has 0 aromatic heterocycles. The molecule has 0 aliphatic heterocycles. The van der Waals surface area contributed by atoms with Gasteiger partial charge < -0.3 is 37.1 Å². The summed E-state index contributed by atoms with van der Waals surface area (Å²) in [4.78, 5) is 0. The third kappa shape index (κ3) is 5.82. The van der Waals surface area contributed by atoms with E-state index in [2.05, 4.69) is 10.6 Å². The first-order chi connectivity index (χ1) is 12.1. The molecule has 0 atom stereocenters. The van der Waals surface area contributed by atoms with Crippen LogP contribution in [0.3, 0.4) is 0 Å². The van der Waals surface area contributed by atoms with Gasteiger partial charge in [0.2, 0.25) is 0 Å². The molecule has 0 fully saturated rings. The van der Waals surface area contributed by atoms with E-state index in [1.165, 1.54) is 0 Å². The van der Waals surface area contributed by atoms with Crippen molar-refractivity contribution in [2.75, 3.05) is 48.4 Å². The van der Waals surface area contributed by atoms with E-state index >= 15 is 0 Å². The highest BCUT2D eigenvalue weighted by atomic mass is 16.5. The van der Waals surface area contributed by atoms with Crippen molar-refractivity contribution in [3.05, 3.63) is 47.5 Å². The molecule has 7 nitrogen and oxygen atoms in total. The van der Waals surface area contributed by atoms with Gasteiger partial charge >= 0.3 is 0 Å². The van der Waals surface area contributed by atoms with Gasteiger partial charge in [0.05, 0.1) is 26.4 Å². The van der Waals surface area contributed by atoms with Crippen LogP contribution in [0.1, 0.15) is 11.1 Å². The monoisotopic (exact) mass is 346 g/mol. The van der Waals surface area contributed by atoms with Gasteiger partial charge in [0.1, 0.15) is 0 Å². The standard InChI is InChI=1S/C18H26N4O3/c19-17-9-15(21-5-7-23)3-1-13(17)11-25-12-14-2-4-16(10-18(14)20)22-6-8-24/h1-4,9-10,21-24H,5-8,11-12,19-20H2. The summed E-state index contributed by atoms with van der Waals surface area (Å²) in [6.45, 7) is 1.88. The fourth-order valence-electron chi connectivity index (χ4n) is 2.34. The summed E-state index contributed by atoms with van der Waals surface area (Å²) in [5.74, 6) is 0. The second kappa shape index (κ2) is 9.73. The predicted octanol–water partition coefficient (Wildman–Crippen LogP) is 1.38. The zero-order chi connectivity index (χ0) is 18.1. The van der Waals surface area contributed by atoms with E-state index in [-0.39, 0.29) is 13.2 Å². The van der Waals surface area contributed by atoms with Crippen LogP contribution in [0.5, 0.6) is 0 Å². The maximum absolute atomic E-state index is 8.82. The van der Waals surface area contributed by atoms with Crippen LogP contribution in [0, 0.1) is 0 Å². The number of rotatable bonds is 10. The number of nitrogens with one attached hydrogen (secondary N) is 2. The molecule has 0 amide bonds. The Morgan fingerprint density at radius 1 is 0.760 bits per heavy atom. The van der Waals surface area contributed by atoms with Crippen LogP contribution in [-0.2, 0) is 18.0 Å². The molecule has 2 aromatic carbocycles. The van der Waals surface area contributed by atoms with Crippen molar-refractivity contribution in [1.29, 1.82) is 0 Å². The van der Waals surface area contributed by atoms with Gasteiger partial charge in [0.25, 0.3) is 0 Å². The highest BCUT2D eigenvalue weighted by Crippen LogP contribution is 2.21. The van der Waals surface area contributed by atoms with Crippen molar-refractivity contribution in [2.45, 2.75) is 13.2 Å². The molecule has 136 valence electrons. The molecule has 0 unspecified atom stereocenters. The maximum Gasteiger partial charge on any atom is 0.0741 e. The number of nitrogen functional groups attached to an aromatic ring is 2. The number of anilines is 4. The van der Waals surface area contributed by atoms with Crippen LogP contribution >= 0.6 is 0 Å². The first kappa shape index (κ1) is 18.9. The van der Waals surface area contributed by atoms with E-state index in [0.29, 0.717) is 37.7 Å². The van der Waals surface area contributed by atoms with Gasteiger partial charge in [-0.1, -0.05) is 12.1 Å². The molecule has 0 spiro atoms. The average molecular weight is 346 g/mol. The molecule has 0 saturated carbocycles. The number of ether oxygens (including phenoxy) is 1. The molecule has 2 rings (SSSR count). The first-order valence-electron chi connectivity index (χ1n) is 8.18. The largest absolute Gasteiger partial charge is 0.398 e. The first-order valence-corrected chi connectivity index (χ1v) is 8.18. The molecule has 8 N–H and O–H groups in total. The van der Waals surface area contributed by atoms with E-state index in [9.17, 15) is 0 Å². The van der Waals surface area contributed by atoms with Gasteiger partial charge in [-0.3, -0.25) is 0 Å². The van der Waals surface area contributed by atoms with Crippen molar-refractivity contribution in [2.24, 2.45) is 0 Å². The Labute approximate surface area is 147 Å². The average Bonchev–Trinajstić information content (AvgIpc) is 2.61. The van der Waals surface area contributed by atoms with Gasteiger partial charge in [-0.15, -0.1) is 0 Å². The van der Waals surface area contributed by atoms with E-state index in [1.807, 2.05) is 36.4 Å². The zero-order valence-electron chi connectivity index (χ0n) is 14.2. The molecule has 0 saturated heterocycles. The Morgan fingerprint density at radius 2 is 1.20 bits per heavy atom. The summed E-state index contributed by atoms with van der Waals surface area (Å²) in [6.07, 6.45) is 0. The normalized spacial score (nSPS) is 10.6. The van der Waals surface area contributed by atoms with Gasteiger partial charge in [-0.2, -0.15) is 0 Å². The number of hydrogen-bond acceptors (Lipinski definition) is 7. The lowest BCUT2D eigenvalue weighted by molar-refractivity contribution is 0.108. The Morgan fingerprint density at radius 3 is 1.56 bits per heavy atom. The molecule has 0 radical (unpaired) electrons. The smallest absolute Gasteiger partial charge is 0.0741 e. The summed E-state index contributed by atoms with van der Waals surface area (Å²) < 4.78 is 5.73. The minimum atomic E-state index is 0.0699. The summed E-state index contributed by atoms with van der Waals surface area (Å²) in [6, 6.07) is 11.3. The molecular weight excluding hydrogens is 320 g/mol. The number of nitrogens with two attached hydrogens (primary N) is 2. The van der Waals surface area contributed by atoms with Crippen LogP contribution < -0.4 is 22.1 Å². The Hall–Kier alpha value is -2.48. The molecule has 0 aliphatic carbocycles.